The number of H-pyrrole nitrogens is 1. The average molecular weight is 299 g/mol. The Kier molecular flexibility index (Phi) is 3.46. The number of nitrogens with one attached hydrogen (secondary N) is 1. The zero-order chi connectivity index (χ0) is 15.7. The molecular weight excluding hydrogens is 286 g/mol. The van der Waals surface area contributed by atoms with E-state index in [9.17, 15) is 14.4 Å². The van der Waals surface area contributed by atoms with Crippen LogP contribution in [0.2, 0.25) is 0 Å². The summed E-state index contributed by atoms with van der Waals surface area (Å²) in [5.74, 6) is 0.0819. The number of ketones is 1. The predicted octanol–water partition coefficient (Wildman–Crippen LogP) is 1.01. The molecule has 1 amide bonds. The zero-order valence-corrected chi connectivity index (χ0v) is 11.8. The molecule has 0 bridgehead atoms. The van der Waals surface area contributed by atoms with E-state index in [2.05, 4.69) is 10.2 Å². The summed E-state index contributed by atoms with van der Waals surface area (Å²) < 4.78 is 5.51. The van der Waals surface area contributed by atoms with Gasteiger partial charge in [0.1, 0.15) is 18.1 Å². The van der Waals surface area contributed by atoms with Gasteiger partial charge >= 0.3 is 0 Å². The van der Waals surface area contributed by atoms with Gasteiger partial charge in [0.25, 0.3) is 11.5 Å². The molecule has 2 aromatic rings. The minimum Gasteiger partial charge on any atom is -0.490 e. The van der Waals surface area contributed by atoms with Crippen LogP contribution >= 0.6 is 0 Å². The van der Waals surface area contributed by atoms with Crippen LogP contribution in [0.4, 0.5) is 5.69 Å². The molecule has 0 spiro atoms. The van der Waals surface area contributed by atoms with Gasteiger partial charge in [-0.1, -0.05) is 0 Å². The Morgan fingerprint density at radius 1 is 1.27 bits per heavy atom. The number of Topliss-reactive ketones (excluding diaryl/α,β-unsaturated/α-hetero) is 1. The standard InChI is InChI=1S/C15H13N3O4/c1-9(19)10-2-4-13-12(8-10)18(6-7-22-13)15(21)11-3-5-14(20)17-16-11/h2-5,8H,6-7H2,1H3,(H,17,20). The topological polar surface area (TPSA) is 92.4 Å². The van der Waals surface area contributed by atoms with Crippen LogP contribution in [-0.4, -0.2) is 35.0 Å². The van der Waals surface area contributed by atoms with Gasteiger partial charge in [0.05, 0.1) is 12.2 Å². The van der Waals surface area contributed by atoms with Gasteiger partial charge in [-0.2, -0.15) is 5.10 Å². The summed E-state index contributed by atoms with van der Waals surface area (Å²) >= 11 is 0. The van der Waals surface area contributed by atoms with Gasteiger partial charge in [0.2, 0.25) is 0 Å². The second-order valence-corrected chi connectivity index (χ2v) is 4.85. The van der Waals surface area contributed by atoms with Crippen LogP contribution < -0.4 is 15.2 Å². The molecule has 1 aromatic heterocycles. The summed E-state index contributed by atoms with van der Waals surface area (Å²) in [7, 11) is 0. The van der Waals surface area contributed by atoms with Crippen LogP contribution in [0.1, 0.15) is 27.8 Å². The molecule has 0 radical (unpaired) electrons. The first-order valence-corrected chi connectivity index (χ1v) is 6.71. The van der Waals surface area contributed by atoms with E-state index in [1.54, 1.807) is 18.2 Å². The normalized spacial score (nSPS) is 13.2. The number of aromatic nitrogens is 2. The predicted molar refractivity (Wildman–Crippen MR) is 78.5 cm³/mol. The summed E-state index contributed by atoms with van der Waals surface area (Å²) in [5, 5.41) is 5.98. The SMILES string of the molecule is CC(=O)c1ccc2c(c1)N(C(=O)c1ccc(=O)[nH]n1)CCO2. The number of rotatable bonds is 2. The highest BCUT2D eigenvalue weighted by atomic mass is 16.5. The molecule has 112 valence electrons. The number of nitrogens with zero attached hydrogens (tertiary/aromatic N) is 2. The first-order chi connectivity index (χ1) is 10.6. The Bertz CT molecular complexity index is 792. The van der Waals surface area contributed by atoms with Crippen LogP contribution in [0, 0.1) is 0 Å². The third-order valence-electron chi connectivity index (χ3n) is 3.37. The molecule has 0 saturated heterocycles. The molecule has 1 aliphatic heterocycles. The van der Waals surface area contributed by atoms with Crippen molar-refractivity contribution in [2.24, 2.45) is 0 Å². The Hall–Kier alpha value is -2.96. The van der Waals surface area contributed by atoms with Crippen molar-refractivity contribution in [1.29, 1.82) is 0 Å². The maximum Gasteiger partial charge on any atom is 0.278 e. The van der Waals surface area contributed by atoms with Gasteiger partial charge in [-0.05, 0) is 31.2 Å². The molecule has 2 heterocycles. The molecule has 0 fully saturated rings. The van der Waals surface area contributed by atoms with Crippen molar-refractivity contribution in [3.05, 3.63) is 51.9 Å². The summed E-state index contributed by atoms with van der Waals surface area (Å²) in [5.41, 5.74) is 0.770. The number of hydrogen-bond acceptors (Lipinski definition) is 5. The largest absolute Gasteiger partial charge is 0.490 e. The number of amides is 1. The molecule has 1 aliphatic rings. The fourth-order valence-corrected chi connectivity index (χ4v) is 2.25. The summed E-state index contributed by atoms with van der Waals surface area (Å²) in [4.78, 5) is 36.6. The van der Waals surface area contributed by atoms with Crippen molar-refractivity contribution < 1.29 is 14.3 Å². The molecule has 3 rings (SSSR count). The van der Waals surface area contributed by atoms with Crippen LogP contribution in [-0.2, 0) is 0 Å². The lowest BCUT2D eigenvalue weighted by molar-refractivity contribution is 0.0967. The highest BCUT2D eigenvalue weighted by Gasteiger charge is 2.26. The number of ether oxygens (including phenoxy) is 1. The third-order valence-corrected chi connectivity index (χ3v) is 3.37. The fraction of sp³-hybridized carbons (Fsp3) is 0.200. The molecule has 1 N–H and O–H groups in total. The summed E-state index contributed by atoms with van der Waals surface area (Å²) in [6.45, 7) is 2.15. The van der Waals surface area contributed by atoms with E-state index in [4.69, 9.17) is 4.74 Å². The quantitative estimate of drug-likeness (QED) is 0.835. The van der Waals surface area contributed by atoms with Crippen LogP contribution in [0.3, 0.4) is 0 Å². The Morgan fingerprint density at radius 3 is 2.77 bits per heavy atom. The number of anilines is 1. The van der Waals surface area contributed by atoms with E-state index < -0.39 is 0 Å². The van der Waals surface area contributed by atoms with Crippen molar-refractivity contribution in [3.8, 4) is 5.75 Å². The number of hydrogen-bond donors (Lipinski definition) is 1. The number of fused-ring (bicyclic) bond motifs is 1. The van der Waals surface area contributed by atoms with Gasteiger partial charge in [0, 0.05) is 11.6 Å². The van der Waals surface area contributed by atoms with Crippen molar-refractivity contribution in [3.63, 3.8) is 0 Å². The first-order valence-electron chi connectivity index (χ1n) is 6.71. The van der Waals surface area contributed by atoms with Gasteiger partial charge in [-0.25, -0.2) is 5.10 Å². The van der Waals surface area contributed by atoms with Crippen molar-refractivity contribution in [1.82, 2.24) is 10.2 Å². The highest BCUT2D eigenvalue weighted by molar-refractivity contribution is 6.06. The molecule has 1 aromatic carbocycles. The number of carbonyl (C=O) groups excluding carboxylic acids is 2. The maximum absolute atomic E-state index is 12.6. The first kappa shape index (κ1) is 14.0. The molecule has 22 heavy (non-hydrogen) atoms. The minimum atomic E-state index is -0.377. The lowest BCUT2D eigenvalue weighted by Gasteiger charge is -2.29. The van der Waals surface area contributed by atoms with E-state index in [-0.39, 0.29) is 22.9 Å². The summed E-state index contributed by atoms with van der Waals surface area (Å²) in [6.07, 6.45) is 0. The highest BCUT2D eigenvalue weighted by Crippen LogP contribution is 2.33. The Balaban J connectivity index is 2.01. The minimum absolute atomic E-state index is 0.0945. The molecule has 0 atom stereocenters. The number of carbonyl (C=O) groups is 2. The second-order valence-electron chi connectivity index (χ2n) is 4.85. The van der Waals surface area contributed by atoms with Gasteiger partial charge in [0.15, 0.2) is 5.78 Å². The second kappa shape index (κ2) is 5.44. The molecule has 7 heteroatoms. The van der Waals surface area contributed by atoms with Crippen LogP contribution in [0.5, 0.6) is 5.75 Å². The van der Waals surface area contributed by atoms with Gasteiger partial charge in [-0.15, -0.1) is 0 Å². The maximum atomic E-state index is 12.6. The van der Waals surface area contributed by atoms with E-state index in [0.717, 1.165) is 0 Å². The lowest BCUT2D eigenvalue weighted by Crippen LogP contribution is -2.38. The van der Waals surface area contributed by atoms with E-state index in [0.29, 0.717) is 30.2 Å². The monoisotopic (exact) mass is 299 g/mol. The van der Waals surface area contributed by atoms with Crippen molar-refractivity contribution in [2.45, 2.75) is 6.92 Å². The number of benzene rings is 1. The lowest BCUT2D eigenvalue weighted by atomic mass is 10.1. The molecule has 0 aliphatic carbocycles. The third kappa shape index (κ3) is 2.48. The zero-order valence-electron chi connectivity index (χ0n) is 11.8. The molecule has 0 unspecified atom stereocenters. The molecule has 7 nitrogen and oxygen atoms in total. The Labute approximate surface area is 125 Å². The van der Waals surface area contributed by atoms with Crippen molar-refractivity contribution >= 4 is 17.4 Å². The van der Waals surface area contributed by atoms with E-state index in [1.807, 2.05) is 0 Å². The van der Waals surface area contributed by atoms with Crippen LogP contribution in [0.15, 0.2) is 35.1 Å². The van der Waals surface area contributed by atoms with E-state index in [1.165, 1.54) is 24.0 Å². The number of aromatic amines is 1. The average Bonchev–Trinajstić information content (AvgIpc) is 2.53. The van der Waals surface area contributed by atoms with Crippen molar-refractivity contribution in [2.75, 3.05) is 18.1 Å². The smallest absolute Gasteiger partial charge is 0.278 e. The van der Waals surface area contributed by atoms with Gasteiger partial charge < -0.3 is 9.64 Å². The van der Waals surface area contributed by atoms with E-state index >= 15 is 0 Å². The molecular formula is C15H13N3O4. The van der Waals surface area contributed by atoms with Gasteiger partial charge in [-0.3, -0.25) is 14.4 Å². The fourth-order valence-electron chi connectivity index (χ4n) is 2.25. The molecule has 0 saturated carbocycles. The van der Waals surface area contributed by atoms with Crippen LogP contribution in [0.25, 0.3) is 0 Å². The Morgan fingerprint density at radius 2 is 2.09 bits per heavy atom. The summed E-state index contributed by atoms with van der Waals surface area (Å²) in [6, 6.07) is 7.57.